The van der Waals surface area contributed by atoms with Gasteiger partial charge < -0.3 is 20.4 Å². The number of carbonyl (C=O) groups is 2. The average Bonchev–Trinajstić information content (AvgIpc) is 3.17. The highest BCUT2D eigenvalue weighted by Crippen LogP contribution is 2.09. The first-order valence-corrected chi connectivity index (χ1v) is 9.74. The molecule has 2 amide bonds. The van der Waals surface area contributed by atoms with Crippen LogP contribution in [-0.4, -0.2) is 98.4 Å². The number of carbonyl (C=O) groups excluding carboxylic acids is 2. The monoisotopic (exact) mass is 366 g/mol. The number of rotatable bonds is 6. The van der Waals surface area contributed by atoms with Crippen LogP contribution in [-0.2, 0) is 9.59 Å². The van der Waals surface area contributed by atoms with Crippen LogP contribution in [0, 0.1) is 5.92 Å². The van der Waals surface area contributed by atoms with E-state index in [0.717, 1.165) is 58.1 Å². The van der Waals surface area contributed by atoms with Gasteiger partial charge in [0.15, 0.2) is 5.96 Å². The number of aliphatic imine (C=N–C) groups is 1. The van der Waals surface area contributed by atoms with Crippen molar-refractivity contribution in [3.63, 3.8) is 0 Å². The summed E-state index contributed by atoms with van der Waals surface area (Å²) in [5.74, 6) is 1.19. The van der Waals surface area contributed by atoms with Gasteiger partial charge in [-0.3, -0.25) is 19.5 Å². The second kappa shape index (κ2) is 10.4. The Morgan fingerprint density at radius 2 is 1.54 bits per heavy atom. The lowest BCUT2D eigenvalue weighted by Gasteiger charge is -2.36. The van der Waals surface area contributed by atoms with E-state index in [0.29, 0.717) is 19.6 Å². The fraction of sp³-hybridized carbons (Fsp3) is 0.833. The van der Waals surface area contributed by atoms with E-state index in [9.17, 15) is 9.59 Å². The Hall–Kier alpha value is -1.83. The predicted octanol–water partition coefficient (Wildman–Crippen LogP) is -0.426. The highest BCUT2D eigenvalue weighted by Gasteiger charge is 2.24. The van der Waals surface area contributed by atoms with Gasteiger partial charge in [0.25, 0.3) is 0 Å². The molecule has 0 spiro atoms. The highest BCUT2D eigenvalue weighted by atomic mass is 16.2. The first-order chi connectivity index (χ1) is 12.5. The molecule has 2 heterocycles. The van der Waals surface area contributed by atoms with Crippen LogP contribution in [0.1, 0.15) is 26.7 Å². The van der Waals surface area contributed by atoms with E-state index in [-0.39, 0.29) is 17.7 Å². The van der Waals surface area contributed by atoms with E-state index in [4.69, 9.17) is 0 Å². The Bertz CT molecular complexity index is 494. The number of hydrogen-bond donors (Lipinski definition) is 2. The molecule has 26 heavy (non-hydrogen) atoms. The predicted molar refractivity (Wildman–Crippen MR) is 103 cm³/mol. The maximum Gasteiger partial charge on any atom is 0.236 e. The van der Waals surface area contributed by atoms with Crippen molar-refractivity contribution in [2.24, 2.45) is 10.9 Å². The van der Waals surface area contributed by atoms with E-state index in [1.54, 1.807) is 7.05 Å². The van der Waals surface area contributed by atoms with Gasteiger partial charge in [-0.2, -0.15) is 0 Å². The third-order valence-corrected chi connectivity index (χ3v) is 4.93. The van der Waals surface area contributed by atoms with Gasteiger partial charge in [0.2, 0.25) is 11.8 Å². The van der Waals surface area contributed by atoms with Gasteiger partial charge in [0, 0.05) is 65.3 Å². The fourth-order valence-electron chi connectivity index (χ4n) is 3.27. The summed E-state index contributed by atoms with van der Waals surface area (Å²) in [4.78, 5) is 34.6. The molecular formula is C18H34N6O2. The Balaban J connectivity index is 1.66. The SMILES string of the molecule is CN=C(NCCNC(=O)C(C)C)N1CCN(CC(=O)N2CCCC2)CC1. The van der Waals surface area contributed by atoms with Crippen LogP contribution in [0.25, 0.3) is 0 Å². The summed E-state index contributed by atoms with van der Waals surface area (Å²) in [5.41, 5.74) is 0. The third-order valence-electron chi connectivity index (χ3n) is 4.93. The van der Waals surface area contributed by atoms with E-state index >= 15 is 0 Å². The van der Waals surface area contributed by atoms with E-state index < -0.39 is 0 Å². The zero-order valence-corrected chi connectivity index (χ0v) is 16.5. The molecule has 0 unspecified atom stereocenters. The van der Waals surface area contributed by atoms with Gasteiger partial charge in [-0.25, -0.2) is 0 Å². The van der Waals surface area contributed by atoms with Gasteiger partial charge in [-0.15, -0.1) is 0 Å². The summed E-state index contributed by atoms with van der Waals surface area (Å²) in [6.45, 7) is 10.8. The molecule has 2 N–H and O–H groups in total. The molecule has 0 aromatic rings. The van der Waals surface area contributed by atoms with Gasteiger partial charge in [-0.1, -0.05) is 13.8 Å². The molecule has 0 atom stereocenters. The summed E-state index contributed by atoms with van der Waals surface area (Å²) in [7, 11) is 1.78. The number of hydrogen-bond acceptors (Lipinski definition) is 4. The van der Waals surface area contributed by atoms with Crippen molar-refractivity contribution in [3.8, 4) is 0 Å². The molecule has 8 heteroatoms. The lowest BCUT2D eigenvalue weighted by molar-refractivity contribution is -0.131. The van der Waals surface area contributed by atoms with Crippen LogP contribution in [0.5, 0.6) is 0 Å². The summed E-state index contributed by atoms with van der Waals surface area (Å²) in [5, 5.41) is 6.20. The Morgan fingerprint density at radius 3 is 2.12 bits per heavy atom. The maximum atomic E-state index is 12.3. The molecule has 2 aliphatic heterocycles. The number of amides is 2. The van der Waals surface area contributed by atoms with Crippen LogP contribution in [0.15, 0.2) is 4.99 Å². The molecule has 2 rings (SSSR count). The molecule has 0 aromatic carbocycles. The smallest absolute Gasteiger partial charge is 0.236 e. The van der Waals surface area contributed by atoms with Crippen molar-refractivity contribution in [2.45, 2.75) is 26.7 Å². The quantitative estimate of drug-likeness (QED) is 0.379. The zero-order valence-electron chi connectivity index (χ0n) is 16.5. The lowest BCUT2D eigenvalue weighted by atomic mass is 10.2. The molecule has 8 nitrogen and oxygen atoms in total. The molecule has 0 bridgehead atoms. The van der Waals surface area contributed by atoms with Crippen LogP contribution in [0.3, 0.4) is 0 Å². The second-order valence-electron chi connectivity index (χ2n) is 7.27. The van der Waals surface area contributed by atoms with Gasteiger partial charge in [0.1, 0.15) is 0 Å². The minimum atomic E-state index is 0.00524. The van der Waals surface area contributed by atoms with Crippen LogP contribution in [0.2, 0.25) is 0 Å². The summed E-state index contributed by atoms with van der Waals surface area (Å²) < 4.78 is 0. The lowest BCUT2D eigenvalue weighted by Crippen LogP contribution is -2.54. The van der Waals surface area contributed by atoms with Crippen LogP contribution in [0.4, 0.5) is 0 Å². The number of nitrogens with zero attached hydrogens (tertiary/aromatic N) is 4. The molecule has 2 fully saturated rings. The molecule has 2 aliphatic rings. The topological polar surface area (TPSA) is 80.3 Å². The molecular weight excluding hydrogens is 332 g/mol. The molecule has 0 aromatic heterocycles. The van der Waals surface area contributed by atoms with Crippen molar-refractivity contribution >= 4 is 17.8 Å². The highest BCUT2D eigenvalue weighted by molar-refractivity contribution is 5.81. The minimum Gasteiger partial charge on any atom is -0.354 e. The average molecular weight is 367 g/mol. The number of guanidine groups is 1. The summed E-state index contributed by atoms with van der Waals surface area (Å²) >= 11 is 0. The molecule has 2 saturated heterocycles. The first kappa shape index (κ1) is 20.5. The number of piperazine rings is 1. The van der Waals surface area contributed by atoms with Crippen molar-refractivity contribution in [1.82, 2.24) is 25.3 Å². The van der Waals surface area contributed by atoms with E-state index in [2.05, 4.69) is 25.4 Å². The Labute approximate surface area is 157 Å². The maximum absolute atomic E-state index is 12.3. The third kappa shape index (κ3) is 6.16. The van der Waals surface area contributed by atoms with Crippen LogP contribution >= 0.6 is 0 Å². The molecule has 0 radical (unpaired) electrons. The molecule has 0 aliphatic carbocycles. The Morgan fingerprint density at radius 1 is 0.923 bits per heavy atom. The fourth-order valence-corrected chi connectivity index (χ4v) is 3.27. The Kier molecular flexibility index (Phi) is 8.15. The van der Waals surface area contributed by atoms with Gasteiger partial charge in [-0.05, 0) is 12.8 Å². The van der Waals surface area contributed by atoms with Crippen molar-refractivity contribution < 1.29 is 9.59 Å². The van der Waals surface area contributed by atoms with E-state index in [1.807, 2.05) is 18.7 Å². The largest absolute Gasteiger partial charge is 0.354 e. The molecule has 148 valence electrons. The minimum absolute atomic E-state index is 0.00524. The second-order valence-corrected chi connectivity index (χ2v) is 7.27. The summed E-state index contributed by atoms with van der Waals surface area (Å²) in [6.07, 6.45) is 2.28. The van der Waals surface area contributed by atoms with Crippen molar-refractivity contribution in [1.29, 1.82) is 0 Å². The molecule has 0 saturated carbocycles. The standard InChI is InChI=1S/C18H34N6O2/c1-15(2)17(26)20-6-7-21-18(19-3)24-12-10-22(11-13-24)14-16(25)23-8-4-5-9-23/h15H,4-14H2,1-3H3,(H,19,21)(H,20,26). The number of likely N-dealkylation sites (tertiary alicyclic amines) is 1. The summed E-state index contributed by atoms with van der Waals surface area (Å²) in [6, 6.07) is 0. The van der Waals surface area contributed by atoms with Crippen molar-refractivity contribution in [2.75, 3.05) is 66.0 Å². The first-order valence-electron chi connectivity index (χ1n) is 9.74. The van der Waals surface area contributed by atoms with E-state index in [1.165, 1.54) is 0 Å². The van der Waals surface area contributed by atoms with Crippen molar-refractivity contribution in [3.05, 3.63) is 0 Å². The van der Waals surface area contributed by atoms with Gasteiger partial charge >= 0.3 is 0 Å². The normalized spacial score (nSPS) is 19.2. The van der Waals surface area contributed by atoms with Gasteiger partial charge in [0.05, 0.1) is 6.54 Å². The van der Waals surface area contributed by atoms with Crippen LogP contribution < -0.4 is 10.6 Å². The zero-order chi connectivity index (χ0) is 18.9. The number of nitrogens with one attached hydrogen (secondary N) is 2.